The van der Waals surface area contributed by atoms with Crippen LogP contribution in [0.2, 0.25) is 5.02 Å². The van der Waals surface area contributed by atoms with Gasteiger partial charge in [0.15, 0.2) is 0 Å². The summed E-state index contributed by atoms with van der Waals surface area (Å²) in [7, 11) is 0. The summed E-state index contributed by atoms with van der Waals surface area (Å²) in [5.41, 5.74) is 3.06. The van der Waals surface area contributed by atoms with Gasteiger partial charge in [-0.15, -0.1) is 0 Å². The molecule has 0 aliphatic rings. The molecule has 0 spiro atoms. The molecule has 144 valence electrons. The zero-order chi connectivity index (χ0) is 18.2. The Balaban J connectivity index is 0.00000338. The Hall–Kier alpha value is -1.30. The Morgan fingerprint density at radius 2 is 1.73 bits per heavy atom. The zero-order valence-electron chi connectivity index (χ0n) is 15.2. The monoisotopic (exact) mass is 398 g/mol. The molecule has 2 aromatic rings. The van der Waals surface area contributed by atoms with Crippen LogP contribution in [0, 0.1) is 13.8 Å². The highest BCUT2D eigenvalue weighted by atomic mass is 35.5. The fourth-order valence-corrected chi connectivity index (χ4v) is 2.86. The van der Waals surface area contributed by atoms with Crippen molar-refractivity contribution in [3.8, 4) is 5.75 Å². The van der Waals surface area contributed by atoms with Gasteiger partial charge in [-0.1, -0.05) is 41.9 Å². The van der Waals surface area contributed by atoms with E-state index in [4.69, 9.17) is 16.3 Å². The van der Waals surface area contributed by atoms with Crippen LogP contribution in [0.5, 0.6) is 5.75 Å². The minimum Gasteiger partial charge on any atom is -1.00 e. The van der Waals surface area contributed by atoms with Crippen LogP contribution in [-0.4, -0.2) is 47.5 Å². The van der Waals surface area contributed by atoms with Crippen molar-refractivity contribution in [2.24, 2.45) is 0 Å². The summed E-state index contributed by atoms with van der Waals surface area (Å²) in [5, 5.41) is 20.3. The van der Waals surface area contributed by atoms with E-state index in [1.165, 1.54) is 0 Å². The third-order valence-corrected chi connectivity index (χ3v) is 4.58. The van der Waals surface area contributed by atoms with Crippen LogP contribution in [0.4, 0.5) is 0 Å². The maximum Gasteiger partial charge on any atom is 0.120 e. The van der Waals surface area contributed by atoms with Gasteiger partial charge in [-0.3, -0.25) is 4.90 Å². The summed E-state index contributed by atoms with van der Waals surface area (Å²) in [6.45, 7) is 5.72. The van der Waals surface area contributed by atoms with Crippen molar-refractivity contribution in [1.82, 2.24) is 4.90 Å². The van der Waals surface area contributed by atoms with Crippen molar-refractivity contribution < 1.29 is 27.4 Å². The van der Waals surface area contributed by atoms with Gasteiger partial charge in [0.1, 0.15) is 18.5 Å². The highest BCUT2D eigenvalue weighted by Gasteiger charge is 2.13. The van der Waals surface area contributed by atoms with Crippen molar-refractivity contribution in [2.75, 3.05) is 26.3 Å². The molecule has 26 heavy (non-hydrogen) atoms. The molecule has 0 aliphatic heterocycles. The molecular formula is C20H26Cl2NO3-. The van der Waals surface area contributed by atoms with Gasteiger partial charge in [-0.05, 0) is 42.7 Å². The van der Waals surface area contributed by atoms with Crippen molar-refractivity contribution in [3.63, 3.8) is 0 Å². The quantitative estimate of drug-likeness (QED) is 0.633. The second-order valence-corrected chi connectivity index (χ2v) is 6.66. The number of hydrogen-bond donors (Lipinski definition) is 2. The second-order valence-electron chi connectivity index (χ2n) is 6.28. The molecule has 0 fully saturated rings. The largest absolute Gasteiger partial charge is 1.00 e. The normalized spacial score (nSPS) is 11.9. The van der Waals surface area contributed by atoms with E-state index in [-0.39, 0.29) is 25.6 Å². The predicted octanol–water partition coefficient (Wildman–Crippen LogP) is 0.195. The van der Waals surface area contributed by atoms with E-state index in [0.717, 1.165) is 21.7 Å². The van der Waals surface area contributed by atoms with E-state index in [2.05, 4.69) is 0 Å². The van der Waals surface area contributed by atoms with E-state index in [1.54, 1.807) is 0 Å². The van der Waals surface area contributed by atoms with Crippen molar-refractivity contribution in [1.29, 1.82) is 0 Å². The fourth-order valence-electron chi connectivity index (χ4n) is 2.75. The summed E-state index contributed by atoms with van der Waals surface area (Å²) in [5.74, 6) is 0.704. The molecule has 0 aromatic heterocycles. The first-order valence-corrected chi connectivity index (χ1v) is 8.82. The number of ether oxygens (including phenoxy) is 1. The van der Waals surface area contributed by atoms with Crippen LogP contribution >= 0.6 is 11.6 Å². The Morgan fingerprint density at radius 1 is 1.12 bits per heavy atom. The first kappa shape index (κ1) is 22.7. The van der Waals surface area contributed by atoms with Crippen LogP contribution < -0.4 is 17.1 Å². The Labute approximate surface area is 166 Å². The lowest BCUT2D eigenvalue weighted by Crippen LogP contribution is -3.00. The predicted molar refractivity (Wildman–Crippen MR) is 101 cm³/mol. The number of aryl methyl sites for hydroxylation is 2. The molecule has 0 bridgehead atoms. The van der Waals surface area contributed by atoms with Crippen LogP contribution in [0.15, 0.2) is 42.5 Å². The van der Waals surface area contributed by atoms with E-state index in [0.29, 0.717) is 25.4 Å². The Kier molecular flexibility index (Phi) is 9.99. The van der Waals surface area contributed by atoms with E-state index < -0.39 is 6.10 Å². The van der Waals surface area contributed by atoms with Gasteiger partial charge in [-0.25, -0.2) is 0 Å². The first-order valence-electron chi connectivity index (χ1n) is 8.44. The maximum atomic E-state index is 10.3. The molecule has 0 aliphatic carbocycles. The fraction of sp³-hybridized carbons (Fsp3) is 0.400. The smallest absolute Gasteiger partial charge is 0.120 e. The molecule has 6 heteroatoms. The summed E-state index contributed by atoms with van der Waals surface area (Å²) in [6.07, 6.45) is -0.647. The first-order chi connectivity index (χ1) is 12.0. The van der Waals surface area contributed by atoms with Gasteiger partial charge in [0.2, 0.25) is 0 Å². The number of aliphatic hydroxyl groups is 2. The zero-order valence-corrected chi connectivity index (χ0v) is 16.7. The molecule has 2 N–H and O–H groups in total. The number of aliphatic hydroxyl groups excluding tert-OH is 2. The third kappa shape index (κ3) is 7.14. The lowest BCUT2D eigenvalue weighted by molar-refractivity contribution is -0.00000980. The molecule has 2 rings (SSSR count). The van der Waals surface area contributed by atoms with E-state index >= 15 is 0 Å². The molecule has 0 radical (unpaired) electrons. The van der Waals surface area contributed by atoms with Gasteiger partial charge in [0.05, 0.1) is 6.61 Å². The molecule has 4 nitrogen and oxygen atoms in total. The molecular weight excluding hydrogens is 373 g/mol. The standard InChI is InChI=1S/C20H26ClNO3.ClH/c1-15-10-19(11-16(2)20(15)21)25-14-18(24)13-22(8-9-23)12-17-6-4-3-5-7-17;/h3-7,10-11,18,23-24H,8-9,12-14H2,1-2H3;1H/p-1. The van der Waals surface area contributed by atoms with Crippen molar-refractivity contribution >= 4 is 11.6 Å². The Bertz CT molecular complexity index is 644. The summed E-state index contributed by atoms with van der Waals surface area (Å²) in [4.78, 5) is 2.02. The number of rotatable bonds is 9. The van der Waals surface area contributed by atoms with E-state index in [1.807, 2.05) is 61.2 Å². The SMILES string of the molecule is Cc1cc(OCC(O)CN(CCO)Cc2ccccc2)cc(C)c1Cl.[Cl-]. The molecule has 0 saturated heterocycles. The number of benzene rings is 2. The number of hydrogen-bond acceptors (Lipinski definition) is 4. The molecule has 0 saturated carbocycles. The van der Waals surface area contributed by atoms with Gasteiger partial charge >= 0.3 is 0 Å². The van der Waals surface area contributed by atoms with Crippen molar-refractivity contribution in [2.45, 2.75) is 26.5 Å². The number of nitrogens with zero attached hydrogens (tertiary/aromatic N) is 1. The summed E-state index contributed by atoms with van der Waals surface area (Å²) >= 11 is 6.16. The number of halogens is 2. The Morgan fingerprint density at radius 3 is 2.31 bits per heavy atom. The van der Waals surface area contributed by atoms with E-state index in [9.17, 15) is 10.2 Å². The van der Waals surface area contributed by atoms with Crippen LogP contribution in [0.25, 0.3) is 0 Å². The highest BCUT2D eigenvalue weighted by molar-refractivity contribution is 6.32. The molecule has 1 atom stereocenters. The minimum atomic E-state index is -0.647. The maximum absolute atomic E-state index is 10.3. The molecule has 0 heterocycles. The van der Waals surface area contributed by atoms with Crippen LogP contribution in [-0.2, 0) is 6.54 Å². The third-order valence-electron chi connectivity index (χ3n) is 3.99. The summed E-state index contributed by atoms with van der Waals surface area (Å²) in [6, 6.07) is 13.8. The molecule has 2 aromatic carbocycles. The van der Waals surface area contributed by atoms with Gasteiger partial charge < -0.3 is 27.4 Å². The second kappa shape index (κ2) is 11.4. The highest BCUT2D eigenvalue weighted by Crippen LogP contribution is 2.25. The lowest BCUT2D eigenvalue weighted by atomic mass is 10.1. The average molecular weight is 399 g/mol. The van der Waals surface area contributed by atoms with Gasteiger partial charge in [0.25, 0.3) is 0 Å². The summed E-state index contributed by atoms with van der Waals surface area (Å²) < 4.78 is 5.72. The van der Waals surface area contributed by atoms with Crippen molar-refractivity contribution in [3.05, 3.63) is 64.2 Å². The topological polar surface area (TPSA) is 52.9 Å². The van der Waals surface area contributed by atoms with Crippen LogP contribution in [0.3, 0.4) is 0 Å². The lowest BCUT2D eigenvalue weighted by Gasteiger charge is -2.24. The molecule has 0 amide bonds. The molecule has 1 unspecified atom stereocenters. The minimum absolute atomic E-state index is 0. The van der Waals surface area contributed by atoms with Crippen LogP contribution in [0.1, 0.15) is 16.7 Å². The van der Waals surface area contributed by atoms with Gasteiger partial charge in [0, 0.05) is 24.7 Å². The van der Waals surface area contributed by atoms with Gasteiger partial charge in [-0.2, -0.15) is 0 Å². The average Bonchev–Trinajstić information content (AvgIpc) is 2.59.